The Morgan fingerprint density at radius 2 is 1.81 bits per heavy atom. The first-order valence-corrected chi connectivity index (χ1v) is 9.49. The van der Waals surface area contributed by atoms with Crippen LogP contribution in [0, 0.1) is 11.2 Å². The van der Waals surface area contributed by atoms with Crippen LogP contribution in [0.4, 0.5) is 4.39 Å². The van der Waals surface area contributed by atoms with Gasteiger partial charge in [0.15, 0.2) is 0 Å². The van der Waals surface area contributed by atoms with Crippen LogP contribution < -0.4 is 5.32 Å². The van der Waals surface area contributed by atoms with Gasteiger partial charge in [0.25, 0.3) is 0 Å². The molecular weight excluding hydrogens is 333 g/mol. The second-order valence-corrected chi connectivity index (χ2v) is 8.67. The van der Waals surface area contributed by atoms with Crippen LogP contribution in [0.5, 0.6) is 0 Å². The van der Waals surface area contributed by atoms with Crippen molar-refractivity contribution in [3.8, 4) is 0 Å². The number of hydrogen-bond acceptors (Lipinski definition) is 3. The molecule has 0 bridgehead atoms. The highest BCUT2D eigenvalue weighted by Crippen LogP contribution is 2.44. The zero-order valence-corrected chi connectivity index (χ0v) is 15.8. The molecule has 2 aliphatic rings. The number of carbonyl (C=O) groups is 2. The first kappa shape index (κ1) is 18.9. The van der Waals surface area contributed by atoms with E-state index in [-0.39, 0.29) is 17.8 Å². The maximum atomic E-state index is 13.1. The molecule has 5 heteroatoms. The van der Waals surface area contributed by atoms with E-state index in [9.17, 15) is 14.0 Å². The molecule has 0 saturated heterocycles. The fourth-order valence-electron chi connectivity index (χ4n) is 3.90. The minimum absolute atomic E-state index is 0.0532. The second-order valence-electron chi connectivity index (χ2n) is 8.67. The number of hydrogen-bond donors (Lipinski definition) is 1. The molecule has 2 atom stereocenters. The summed E-state index contributed by atoms with van der Waals surface area (Å²) < 4.78 is 18.6. The van der Waals surface area contributed by atoms with Gasteiger partial charge < -0.3 is 10.1 Å². The average Bonchev–Trinajstić information content (AvgIpc) is 2.93. The third-order valence-electron chi connectivity index (χ3n) is 5.54. The van der Waals surface area contributed by atoms with Crippen molar-refractivity contribution >= 4 is 11.9 Å². The summed E-state index contributed by atoms with van der Waals surface area (Å²) in [6, 6.07) is 6.65. The van der Waals surface area contributed by atoms with E-state index in [0.29, 0.717) is 18.8 Å². The predicted molar refractivity (Wildman–Crippen MR) is 97.1 cm³/mol. The highest BCUT2D eigenvalue weighted by Gasteiger charge is 2.53. The minimum Gasteiger partial charge on any atom is -0.459 e. The van der Waals surface area contributed by atoms with E-state index < -0.39 is 17.0 Å². The number of nitrogens with one attached hydrogen (secondary N) is 1. The Labute approximate surface area is 154 Å². The van der Waals surface area contributed by atoms with E-state index in [4.69, 9.17) is 4.74 Å². The lowest BCUT2D eigenvalue weighted by molar-refractivity contribution is -0.177. The van der Waals surface area contributed by atoms with Crippen molar-refractivity contribution in [2.75, 3.05) is 0 Å². The maximum absolute atomic E-state index is 13.1. The number of halogens is 1. The fraction of sp³-hybridized carbons (Fsp3) is 0.619. The van der Waals surface area contributed by atoms with E-state index in [1.165, 1.54) is 12.1 Å². The lowest BCUT2D eigenvalue weighted by Gasteiger charge is -2.40. The number of esters is 1. The van der Waals surface area contributed by atoms with Crippen LogP contribution in [0.15, 0.2) is 24.3 Å². The van der Waals surface area contributed by atoms with Gasteiger partial charge in [0.2, 0.25) is 5.91 Å². The number of carbonyl (C=O) groups excluding carboxylic acids is 2. The monoisotopic (exact) mass is 361 g/mol. The van der Waals surface area contributed by atoms with Crippen molar-refractivity contribution in [1.29, 1.82) is 0 Å². The molecule has 3 rings (SSSR count). The summed E-state index contributed by atoms with van der Waals surface area (Å²) >= 11 is 0. The number of ether oxygens (including phenoxy) is 1. The van der Waals surface area contributed by atoms with Crippen LogP contribution in [-0.4, -0.2) is 23.5 Å². The van der Waals surface area contributed by atoms with Crippen LogP contribution in [0.3, 0.4) is 0 Å². The molecule has 4 nitrogen and oxygen atoms in total. The SMILES string of the molecule is CC(C)(C)OC(=O)C1(C(=O)NC2CCC(c3ccc(F)cc3)C2)CCC1. The normalized spacial score (nSPS) is 24.6. The molecular formula is C21H28FNO3. The zero-order valence-electron chi connectivity index (χ0n) is 15.8. The van der Waals surface area contributed by atoms with E-state index >= 15 is 0 Å². The lowest BCUT2D eigenvalue weighted by atomic mass is 9.67. The van der Waals surface area contributed by atoms with Crippen LogP contribution in [0.2, 0.25) is 0 Å². The minimum atomic E-state index is -1.01. The predicted octanol–water partition coefficient (Wildman–Crippen LogP) is 4.09. The molecule has 1 N–H and O–H groups in total. The molecule has 1 amide bonds. The lowest BCUT2D eigenvalue weighted by Crippen LogP contribution is -2.54. The summed E-state index contributed by atoms with van der Waals surface area (Å²) in [5, 5.41) is 3.09. The standard InChI is InChI=1S/C21H28FNO3/c1-20(2,3)26-19(25)21(11-4-12-21)18(24)23-17-10-7-15(13-17)14-5-8-16(22)9-6-14/h5-6,8-9,15,17H,4,7,10-13H2,1-3H3,(H,23,24). The largest absolute Gasteiger partial charge is 0.459 e. The Kier molecular flexibility index (Phi) is 5.09. The van der Waals surface area contributed by atoms with Crippen LogP contribution in [-0.2, 0) is 14.3 Å². The molecule has 0 spiro atoms. The maximum Gasteiger partial charge on any atom is 0.322 e. The molecule has 2 fully saturated rings. The van der Waals surface area contributed by atoms with Crippen molar-refractivity contribution in [2.24, 2.45) is 5.41 Å². The summed E-state index contributed by atoms with van der Waals surface area (Å²) in [6.07, 6.45) is 4.63. The Bertz CT molecular complexity index is 673. The average molecular weight is 361 g/mol. The molecule has 142 valence electrons. The summed E-state index contributed by atoms with van der Waals surface area (Å²) in [5.41, 5.74) is -0.504. The molecule has 0 radical (unpaired) electrons. The quantitative estimate of drug-likeness (QED) is 0.649. The molecule has 0 aliphatic heterocycles. The first-order valence-electron chi connectivity index (χ1n) is 9.49. The molecule has 0 aromatic heterocycles. The van der Waals surface area contributed by atoms with Gasteiger partial charge >= 0.3 is 5.97 Å². The molecule has 0 heterocycles. The second kappa shape index (κ2) is 7.01. The highest BCUT2D eigenvalue weighted by molar-refractivity contribution is 6.03. The van der Waals surface area contributed by atoms with Crippen molar-refractivity contribution in [3.63, 3.8) is 0 Å². The van der Waals surface area contributed by atoms with Gasteiger partial charge in [0.05, 0.1) is 0 Å². The van der Waals surface area contributed by atoms with E-state index in [1.54, 1.807) is 0 Å². The molecule has 1 aromatic rings. The Morgan fingerprint density at radius 3 is 2.35 bits per heavy atom. The molecule has 1 aromatic carbocycles. The third-order valence-corrected chi connectivity index (χ3v) is 5.54. The van der Waals surface area contributed by atoms with Gasteiger partial charge in [-0.15, -0.1) is 0 Å². The van der Waals surface area contributed by atoms with E-state index in [0.717, 1.165) is 31.2 Å². The Balaban J connectivity index is 1.61. The Morgan fingerprint density at radius 1 is 1.15 bits per heavy atom. The van der Waals surface area contributed by atoms with Crippen molar-refractivity contribution < 1.29 is 18.7 Å². The van der Waals surface area contributed by atoms with Gasteiger partial charge in [-0.1, -0.05) is 18.6 Å². The number of amides is 1. The van der Waals surface area contributed by atoms with E-state index in [1.807, 2.05) is 32.9 Å². The molecule has 26 heavy (non-hydrogen) atoms. The molecule has 2 aliphatic carbocycles. The Hall–Kier alpha value is -1.91. The van der Waals surface area contributed by atoms with Gasteiger partial charge in [-0.05, 0) is 76.5 Å². The fourth-order valence-corrected chi connectivity index (χ4v) is 3.90. The number of rotatable bonds is 4. The van der Waals surface area contributed by atoms with Gasteiger partial charge in [0.1, 0.15) is 16.8 Å². The third kappa shape index (κ3) is 3.92. The molecule has 2 saturated carbocycles. The molecule has 2 unspecified atom stereocenters. The van der Waals surface area contributed by atoms with Gasteiger partial charge in [-0.2, -0.15) is 0 Å². The first-order chi connectivity index (χ1) is 12.2. The van der Waals surface area contributed by atoms with Crippen LogP contribution in [0.1, 0.15) is 70.8 Å². The van der Waals surface area contributed by atoms with Gasteiger partial charge in [0, 0.05) is 6.04 Å². The van der Waals surface area contributed by atoms with Crippen LogP contribution in [0.25, 0.3) is 0 Å². The summed E-state index contributed by atoms with van der Waals surface area (Å²) in [7, 11) is 0. The van der Waals surface area contributed by atoms with Crippen molar-refractivity contribution in [3.05, 3.63) is 35.6 Å². The van der Waals surface area contributed by atoms with Crippen molar-refractivity contribution in [2.45, 2.75) is 76.9 Å². The van der Waals surface area contributed by atoms with Crippen LogP contribution >= 0.6 is 0 Å². The topological polar surface area (TPSA) is 55.4 Å². The van der Waals surface area contributed by atoms with Crippen molar-refractivity contribution in [1.82, 2.24) is 5.32 Å². The van der Waals surface area contributed by atoms with Gasteiger partial charge in [-0.25, -0.2) is 4.39 Å². The summed E-state index contributed by atoms with van der Waals surface area (Å²) in [5.74, 6) is -0.509. The van der Waals surface area contributed by atoms with E-state index in [2.05, 4.69) is 5.32 Å². The number of benzene rings is 1. The summed E-state index contributed by atoms with van der Waals surface area (Å²) in [4.78, 5) is 25.4. The highest BCUT2D eigenvalue weighted by atomic mass is 19.1. The summed E-state index contributed by atoms with van der Waals surface area (Å²) in [6.45, 7) is 5.46. The zero-order chi connectivity index (χ0) is 18.9. The van der Waals surface area contributed by atoms with Gasteiger partial charge in [-0.3, -0.25) is 9.59 Å². The smallest absolute Gasteiger partial charge is 0.322 e.